The van der Waals surface area contributed by atoms with E-state index in [-0.39, 0.29) is 0 Å². The van der Waals surface area contributed by atoms with E-state index in [1.165, 1.54) is 0 Å². The molecule has 4 rings (SSSR count). The van der Waals surface area contributed by atoms with E-state index in [1.54, 1.807) is 6.20 Å². The molecule has 1 aliphatic heterocycles. The topological polar surface area (TPSA) is 66.4 Å². The molecule has 1 aliphatic carbocycles. The second kappa shape index (κ2) is 10.5. The van der Waals surface area contributed by atoms with Gasteiger partial charge in [-0.25, -0.2) is 4.98 Å². The third kappa shape index (κ3) is 5.65. The molecule has 0 atom stereocenters. The standard InChI is InChI=1S/C24H32ClN3O2/c25-23-15-27-24(28-20-6-4-18(16-29)5-7-20)13-22(23)19-2-1-3-21(12-19)26-14-17-8-10-30-11-9-17/h1-3,12-13,15,17-18,20,26,29H,4-11,14,16H2,(H,27,28). The number of hydrogen-bond donors (Lipinski definition) is 3. The molecule has 3 N–H and O–H groups in total. The quantitative estimate of drug-likeness (QED) is 0.564. The summed E-state index contributed by atoms with van der Waals surface area (Å²) in [4.78, 5) is 4.50. The molecule has 30 heavy (non-hydrogen) atoms. The summed E-state index contributed by atoms with van der Waals surface area (Å²) in [6.07, 6.45) is 8.24. The monoisotopic (exact) mass is 429 g/mol. The maximum Gasteiger partial charge on any atom is 0.126 e. The van der Waals surface area contributed by atoms with Crippen molar-refractivity contribution < 1.29 is 9.84 Å². The molecule has 2 fully saturated rings. The second-order valence-corrected chi connectivity index (χ2v) is 9.02. The minimum Gasteiger partial charge on any atom is -0.396 e. The van der Waals surface area contributed by atoms with Crippen molar-refractivity contribution in [2.45, 2.75) is 44.6 Å². The number of anilines is 2. The van der Waals surface area contributed by atoms with Gasteiger partial charge in [-0.3, -0.25) is 0 Å². The van der Waals surface area contributed by atoms with Gasteiger partial charge in [-0.1, -0.05) is 23.7 Å². The van der Waals surface area contributed by atoms with Crippen molar-refractivity contribution in [1.82, 2.24) is 4.98 Å². The lowest BCUT2D eigenvalue weighted by atomic mass is 9.86. The Morgan fingerprint density at radius 1 is 1.03 bits per heavy atom. The zero-order valence-corrected chi connectivity index (χ0v) is 18.2. The van der Waals surface area contributed by atoms with Gasteiger partial charge in [0.15, 0.2) is 0 Å². The summed E-state index contributed by atoms with van der Waals surface area (Å²) in [5, 5.41) is 17.1. The van der Waals surface area contributed by atoms with E-state index in [0.717, 1.165) is 80.9 Å². The summed E-state index contributed by atoms with van der Waals surface area (Å²) in [5.74, 6) is 1.99. The van der Waals surface area contributed by atoms with E-state index >= 15 is 0 Å². The Morgan fingerprint density at radius 2 is 1.83 bits per heavy atom. The summed E-state index contributed by atoms with van der Waals surface area (Å²) < 4.78 is 5.45. The van der Waals surface area contributed by atoms with Crippen molar-refractivity contribution >= 4 is 23.1 Å². The molecule has 1 aromatic heterocycles. The highest BCUT2D eigenvalue weighted by Crippen LogP contribution is 2.32. The number of ether oxygens (including phenoxy) is 1. The molecule has 1 saturated carbocycles. The molecule has 2 heterocycles. The minimum absolute atomic E-state index is 0.301. The fourth-order valence-corrected chi connectivity index (χ4v) is 4.66. The van der Waals surface area contributed by atoms with Crippen molar-refractivity contribution in [3.63, 3.8) is 0 Å². The SMILES string of the molecule is OCC1CCC(Nc2cc(-c3cccc(NCC4CCOCC4)c3)c(Cl)cn2)CC1. The van der Waals surface area contributed by atoms with Crippen LogP contribution in [0.5, 0.6) is 0 Å². The Morgan fingerprint density at radius 3 is 2.60 bits per heavy atom. The van der Waals surface area contributed by atoms with E-state index in [9.17, 15) is 5.11 Å². The van der Waals surface area contributed by atoms with Gasteiger partial charge in [0.2, 0.25) is 0 Å². The molecular weight excluding hydrogens is 398 g/mol. The summed E-state index contributed by atoms with van der Waals surface area (Å²) in [7, 11) is 0. The first-order valence-corrected chi connectivity index (χ1v) is 11.5. The van der Waals surface area contributed by atoms with Crippen LogP contribution in [0.15, 0.2) is 36.5 Å². The molecule has 162 valence electrons. The van der Waals surface area contributed by atoms with Crippen LogP contribution >= 0.6 is 11.6 Å². The number of aromatic nitrogens is 1. The first kappa shape index (κ1) is 21.4. The first-order chi connectivity index (χ1) is 14.7. The summed E-state index contributed by atoms with van der Waals surface area (Å²) in [5.41, 5.74) is 3.20. The Balaban J connectivity index is 1.42. The van der Waals surface area contributed by atoms with Gasteiger partial charge in [0.05, 0.1) is 5.02 Å². The van der Waals surface area contributed by atoms with Gasteiger partial charge in [0.1, 0.15) is 5.82 Å². The molecule has 1 aromatic carbocycles. The van der Waals surface area contributed by atoms with E-state index in [2.05, 4.69) is 45.9 Å². The third-order valence-corrected chi connectivity index (χ3v) is 6.72. The molecule has 0 amide bonds. The zero-order valence-electron chi connectivity index (χ0n) is 17.4. The van der Waals surface area contributed by atoms with Crippen molar-refractivity contribution in [1.29, 1.82) is 0 Å². The lowest BCUT2D eigenvalue weighted by Gasteiger charge is -2.28. The van der Waals surface area contributed by atoms with Crippen LogP contribution < -0.4 is 10.6 Å². The van der Waals surface area contributed by atoms with Crippen LogP contribution in [-0.2, 0) is 4.74 Å². The van der Waals surface area contributed by atoms with E-state index in [0.29, 0.717) is 29.5 Å². The molecule has 6 heteroatoms. The van der Waals surface area contributed by atoms with Crippen molar-refractivity contribution in [3.8, 4) is 11.1 Å². The summed E-state index contributed by atoms with van der Waals surface area (Å²) in [6, 6.07) is 10.9. The molecule has 0 bridgehead atoms. The van der Waals surface area contributed by atoms with Crippen molar-refractivity contribution in [2.24, 2.45) is 11.8 Å². The van der Waals surface area contributed by atoms with Crippen LogP contribution in [0.4, 0.5) is 11.5 Å². The summed E-state index contributed by atoms with van der Waals surface area (Å²) >= 11 is 6.51. The first-order valence-electron chi connectivity index (χ1n) is 11.2. The van der Waals surface area contributed by atoms with Crippen LogP contribution in [0.25, 0.3) is 11.1 Å². The maximum absolute atomic E-state index is 9.34. The molecule has 1 saturated heterocycles. The minimum atomic E-state index is 0.301. The Labute approximate surface area is 184 Å². The number of benzene rings is 1. The fourth-order valence-electron chi connectivity index (χ4n) is 4.45. The van der Waals surface area contributed by atoms with Gasteiger partial charge >= 0.3 is 0 Å². The van der Waals surface area contributed by atoms with Crippen LogP contribution in [0.3, 0.4) is 0 Å². The van der Waals surface area contributed by atoms with E-state index in [1.807, 2.05) is 0 Å². The molecule has 5 nitrogen and oxygen atoms in total. The molecule has 0 unspecified atom stereocenters. The average Bonchev–Trinajstić information content (AvgIpc) is 2.80. The van der Waals surface area contributed by atoms with E-state index in [4.69, 9.17) is 16.3 Å². The highest BCUT2D eigenvalue weighted by Gasteiger charge is 2.21. The molecule has 0 spiro atoms. The number of rotatable bonds is 7. The van der Waals surface area contributed by atoms with Gasteiger partial charge in [-0.2, -0.15) is 0 Å². The van der Waals surface area contributed by atoms with Crippen molar-refractivity contribution in [3.05, 3.63) is 41.6 Å². The number of aliphatic hydroxyl groups is 1. The molecule has 2 aromatic rings. The number of nitrogens with one attached hydrogen (secondary N) is 2. The molecule has 0 radical (unpaired) electrons. The van der Waals surface area contributed by atoms with Crippen LogP contribution in [0.2, 0.25) is 5.02 Å². The number of pyridine rings is 1. The fraction of sp³-hybridized carbons (Fsp3) is 0.542. The lowest BCUT2D eigenvalue weighted by molar-refractivity contribution is 0.0699. The van der Waals surface area contributed by atoms with Crippen LogP contribution in [0.1, 0.15) is 38.5 Å². The summed E-state index contributed by atoms with van der Waals surface area (Å²) in [6.45, 7) is 3.02. The van der Waals surface area contributed by atoms with Crippen molar-refractivity contribution in [2.75, 3.05) is 37.0 Å². The van der Waals surface area contributed by atoms with Gasteiger partial charge in [0, 0.05) is 49.9 Å². The smallest absolute Gasteiger partial charge is 0.126 e. The van der Waals surface area contributed by atoms with Gasteiger partial charge in [0.25, 0.3) is 0 Å². The van der Waals surface area contributed by atoms with E-state index < -0.39 is 0 Å². The molecule has 2 aliphatic rings. The average molecular weight is 430 g/mol. The highest BCUT2D eigenvalue weighted by atomic mass is 35.5. The van der Waals surface area contributed by atoms with Crippen LogP contribution in [0, 0.1) is 11.8 Å². The number of aliphatic hydroxyl groups excluding tert-OH is 1. The maximum atomic E-state index is 9.34. The van der Waals surface area contributed by atoms with Gasteiger partial charge < -0.3 is 20.5 Å². The van der Waals surface area contributed by atoms with Gasteiger partial charge in [-0.05, 0) is 74.1 Å². The lowest BCUT2D eigenvalue weighted by Crippen LogP contribution is -2.27. The predicted molar refractivity (Wildman–Crippen MR) is 123 cm³/mol. The third-order valence-electron chi connectivity index (χ3n) is 6.42. The highest BCUT2D eigenvalue weighted by molar-refractivity contribution is 6.33. The Kier molecular flexibility index (Phi) is 7.47. The second-order valence-electron chi connectivity index (χ2n) is 8.61. The Bertz CT molecular complexity index is 818. The number of hydrogen-bond acceptors (Lipinski definition) is 5. The van der Waals surface area contributed by atoms with Gasteiger partial charge in [-0.15, -0.1) is 0 Å². The number of halogens is 1. The van der Waals surface area contributed by atoms with Crippen LogP contribution in [-0.4, -0.2) is 42.5 Å². The number of nitrogens with zero attached hydrogens (tertiary/aromatic N) is 1. The molecular formula is C24H32ClN3O2. The normalized spacial score (nSPS) is 22.6. The zero-order chi connectivity index (χ0) is 20.8. The predicted octanol–water partition coefficient (Wildman–Crippen LogP) is 5.20. The largest absolute Gasteiger partial charge is 0.396 e. The Hall–Kier alpha value is -1.82.